The van der Waals surface area contributed by atoms with Crippen LogP contribution in [0.1, 0.15) is 38.8 Å². The van der Waals surface area contributed by atoms with Crippen LogP contribution in [-0.2, 0) is 6.54 Å². The van der Waals surface area contributed by atoms with Gasteiger partial charge in [0.25, 0.3) is 0 Å². The van der Waals surface area contributed by atoms with Crippen molar-refractivity contribution < 1.29 is 4.74 Å². The quantitative estimate of drug-likeness (QED) is 0.266. The van der Waals surface area contributed by atoms with Gasteiger partial charge in [0.1, 0.15) is 23.5 Å². The van der Waals surface area contributed by atoms with Crippen LogP contribution in [0.2, 0.25) is 0 Å². The van der Waals surface area contributed by atoms with Gasteiger partial charge in [0, 0.05) is 25.3 Å². The summed E-state index contributed by atoms with van der Waals surface area (Å²) in [5.74, 6) is 2.01. The second-order valence-electron chi connectivity index (χ2n) is 9.24. The maximum atomic E-state index is 6.49. The van der Waals surface area contributed by atoms with Crippen molar-refractivity contribution >= 4 is 67.6 Å². The van der Waals surface area contributed by atoms with E-state index < -0.39 is 0 Å². The van der Waals surface area contributed by atoms with Crippen LogP contribution in [0.25, 0.3) is 23.2 Å². The SMILES string of the molecule is C=NCc1c(OC(C(C)C)C(C)C)cccc1/C(N)=N/C(N)=c1\cc2cc(Br)c(Br)cc2cc1=C. The fourth-order valence-corrected chi connectivity index (χ4v) is 4.93. The summed E-state index contributed by atoms with van der Waals surface area (Å²) in [6.07, 6.45) is 0.0503. The number of hydrogen-bond donors (Lipinski definition) is 2. The molecular formula is C28H32Br2N4O. The molecule has 3 aromatic rings. The summed E-state index contributed by atoms with van der Waals surface area (Å²) in [7, 11) is 0. The molecule has 7 heteroatoms. The fourth-order valence-electron chi connectivity index (χ4n) is 4.21. The molecule has 0 aliphatic rings. The van der Waals surface area contributed by atoms with E-state index in [-0.39, 0.29) is 11.9 Å². The smallest absolute Gasteiger partial charge is 0.133 e. The minimum absolute atomic E-state index is 0.0503. The molecule has 0 aliphatic heterocycles. The second kappa shape index (κ2) is 11.4. The molecule has 5 nitrogen and oxygen atoms in total. The van der Waals surface area contributed by atoms with Crippen molar-refractivity contribution in [2.24, 2.45) is 33.3 Å². The fraction of sp³-hybridized carbons (Fsp3) is 0.286. The number of ether oxygens (including phenoxy) is 1. The minimum atomic E-state index is 0.0503. The van der Waals surface area contributed by atoms with Crippen LogP contribution in [0, 0.1) is 11.8 Å². The molecule has 0 saturated heterocycles. The summed E-state index contributed by atoms with van der Waals surface area (Å²) in [5.41, 5.74) is 14.5. The van der Waals surface area contributed by atoms with Gasteiger partial charge in [-0.2, -0.15) is 0 Å². The van der Waals surface area contributed by atoms with Gasteiger partial charge in [0.05, 0.1) is 6.54 Å². The van der Waals surface area contributed by atoms with Crippen LogP contribution in [0.3, 0.4) is 0 Å². The van der Waals surface area contributed by atoms with E-state index in [2.05, 4.69) is 82.8 Å². The summed E-state index contributed by atoms with van der Waals surface area (Å²) in [5, 5.41) is 3.56. The van der Waals surface area contributed by atoms with E-state index in [1.54, 1.807) is 0 Å². The number of benzene rings is 3. The molecular weight excluding hydrogens is 568 g/mol. The van der Waals surface area contributed by atoms with Crippen molar-refractivity contribution in [1.82, 2.24) is 0 Å². The number of amidine groups is 1. The first-order valence-corrected chi connectivity index (χ1v) is 13.0. The van der Waals surface area contributed by atoms with E-state index in [4.69, 9.17) is 16.2 Å². The Morgan fingerprint density at radius 2 is 1.57 bits per heavy atom. The average molecular weight is 600 g/mol. The Kier molecular flexibility index (Phi) is 8.78. The number of aliphatic imine (C=N–C) groups is 2. The lowest BCUT2D eigenvalue weighted by Gasteiger charge is -2.27. The largest absolute Gasteiger partial charge is 0.490 e. The van der Waals surface area contributed by atoms with Crippen molar-refractivity contribution in [2.75, 3.05) is 0 Å². The van der Waals surface area contributed by atoms with Crippen LogP contribution >= 0.6 is 31.9 Å². The summed E-state index contributed by atoms with van der Waals surface area (Å²) < 4.78 is 8.36. The molecule has 0 amide bonds. The average Bonchev–Trinajstić information content (AvgIpc) is 2.78. The molecule has 0 atom stereocenters. The number of fused-ring (bicyclic) bond motifs is 1. The number of nitrogens with zero attached hydrogens (tertiary/aromatic N) is 2. The molecule has 35 heavy (non-hydrogen) atoms. The highest BCUT2D eigenvalue weighted by Crippen LogP contribution is 2.29. The van der Waals surface area contributed by atoms with Crippen molar-refractivity contribution in [2.45, 2.75) is 40.3 Å². The Balaban J connectivity index is 2.13. The van der Waals surface area contributed by atoms with Gasteiger partial charge in [-0.1, -0.05) is 46.4 Å². The second-order valence-corrected chi connectivity index (χ2v) is 10.9. The Bertz CT molecular complexity index is 1390. The molecule has 0 unspecified atom stereocenters. The summed E-state index contributed by atoms with van der Waals surface area (Å²) in [4.78, 5) is 8.68. The Morgan fingerprint density at radius 3 is 2.14 bits per heavy atom. The predicted octanol–water partition coefficient (Wildman–Crippen LogP) is 5.47. The molecule has 0 bridgehead atoms. The third-order valence-corrected chi connectivity index (χ3v) is 7.72. The van der Waals surface area contributed by atoms with E-state index in [0.29, 0.717) is 24.2 Å². The highest BCUT2D eigenvalue weighted by molar-refractivity contribution is 9.13. The number of nitrogens with two attached hydrogens (primary N) is 2. The van der Waals surface area contributed by atoms with Gasteiger partial charge in [-0.3, -0.25) is 4.99 Å². The van der Waals surface area contributed by atoms with Gasteiger partial charge in [-0.15, -0.1) is 0 Å². The Labute approximate surface area is 223 Å². The third-order valence-electron chi connectivity index (χ3n) is 5.87. The lowest BCUT2D eigenvalue weighted by Crippen LogP contribution is -2.30. The monoisotopic (exact) mass is 598 g/mol. The molecule has 0 spiro atoms. The predicted molar refractivity (Wildman–Crippen MR) is 156 cm³/mol. The zero-order valence-electron chi connectivity index (χ0n) is 20.6. The van der Waals surface area contributed by atoms with Crippen molar-refractivity contribution in [1.29, 1.82) is 0 Å². The number of halogens is 2. The first-order chi connectivity index (χ1) is 16.5. The van der Waals surface area contributed by atoms with Crippen LogP contribution in [0.5, 0.6) is 5.75 Å². The summed E-state index contributed by atoms with van der Waals surface area (Å²) in [6, 6.07) is 13.8. The van der Waals surface area contributed by atoms with E-state index in [1.807, 2.05) is 42.5 Å². The molecule has 0 aliphatic carbocycles. The van der Waals surface area contributed by atoms with E-state index in [9.17, 15) is 0 Å². The Morgan fingerprint density at radius 1 is 0.971 bits per heavy atom. The van der Waals surface area contributed by atoms with Crippen molar-refractivity contribution in [3.05, 3.63) is 73.0 Å². The van der Waals surface area contributed by atoms with Crippen LogP contribution in [0.4, 0.5) is 0 Å². The van der Waals surface area contributed by atoms with E-state index >= 15 is 0 Å². The highest BCUT2D eigenvalue weighted by atomic mass is 79.9. The highest BCUT2D eigenvalue weighted by Gasteiger charge is 2.22. The van der Waals surface area contributed by atoms with Crippen LogP contribution in [0.15, 0.2) is 61.4 Å². The van der Waals surface area contributed by atoms with Crippen LogP contribution < -0.4 is 26.6 Å². The van der Waals surface area contributed by atoms with Crippen molar-refractivity contribution in [3.63, 3.8) is 0 Å². The molecule has 184 valence electrons. The summed E-state index contributed by atoms with van der Waals surface area (Å²) >= 11 is 7.10. The van der Waals surface area contributed by atoms with Crippen LogP contribution in [-0.4, -0.2) is 18.7 Å². The molecule has 0 saturated carbocycles. The lowest BCUT2D eigenvalue weighted by molar-refractivity contribution is 0.104. The van der Waals surface area contributed by atoms with E-state index in [0.717, 1.165) is 47.0 Å². The first kappa shape index (κ1) is 27.0. The minimum Gasteiger partial charge on any atom is -0.490 e. The van der Waals surface area contributed by atoms with Gasteiger partial charge < -0.3 is 16.2 Å². The Hall–Kier alpha value is -2.64. The molecule has 0 radical (unpaired) electrons. The number of rotatable bonds is 8. The molecule has 4 N–H and O–H groups in total. The maximum absolute atomic E-state index is 6.49. The van der Waals surface area contributed by atoms with E-state index in [1.165, 1.54) is 0 Å². The maximum Gasteiger partial charge on any atom is 0.133 e. The topological polar surface area (TPSA) is 86.0 Å². The van der Waals surface area contributed by atoms with Crippen molar-refractivity contribution in [3.8, 4) is 5.75 Å². The zero-order valence-corrected chi connectivity index (χ0v) is 23.8. The number of hydrogen-bond acceptors (Lipinski definition) is 4. The molecule has 0 heterocycles. The van der Waals surface area contributed by atoms with Gasteiger partial charge in [0.15, 0.2) is 0 Å². The normalized spacial score (nSPS) is 13.1. The first-order valence-electron chi connectivity index (χ1n) is 11.5. The molecule has 0 aromatic heterocycles. The van der Waals surface area contributed by atoms with Gasteiger partial charge in [0.2, 0.25) is 0 Å². The standard InChI is InChI=1S/C28H32Br2N4O/c1-15(2)26(16(3)4)35-25-9-7-8-20(22(25)14-33-6)27(31)34-28(32)21-11-19-13-24(30)23(29)12-18(19)10-17(21)5/h7-13,15-16,26H,5-6,14,32H2,1-4H3,(H2,31,34)/b28-21+. The molecule has 3 aromatic carbocycles. The lowest BCUT2D eigenvalue weighted by atomic mass is 9.96. The molecule has 3 rings (SSSR count). The summed E-state index contributed by atoms with van der Waals surface area (Å²) in [6.45, 7) is 16.8. The molecule has 0 fully saturated rings. The third kappa shape index (κ3) is 6.14. The zero-order chi connectivity index (χ0) is 25.9. The van der Waals surface area contributed by atoms with Gasteiger partial charge in [-0.05, 0) is 96.7 Å². The van der Waals surface area contributed by atoms with Gasteiger partial charge in [-0.25, -0.2) is 4.99 Å². The van der Waals surface area contributed by atoms with Gasteiger partial charge >= 0.3 is 0 Å².